The number of ether oxygens (including phenoxy) is 2. The molecule has 2 heterocycles. The van der Waals surface area contributed by atoms with Crippen LogP contribution in [0.2, 0.25) is 0 Å². The zero-order valence-corrected chi connectivity index (χ0v) is 26.2. The van der Waals surface area contributed by atoms with E-state index in [4.69, 9.17) is 9.47 Å². The van der Waals surface area contributed by atoms with Crippen LogP contribution in [0.4, 0.5) is 17.1 Å². The monoisotopic (exact) mass is 603 g/mol. The number of rotatable bonds is 3. The quantitative estimate of drug-likeness (QED) is 0.188. The van der Waals surface area contributed by atoms with Gasteiger partial charge in [-0.2, -0.15) is 0 Å². The highest BCUT2D eigenvalue weighted by Gasteiger charge is 2.47. The van der Waals surface area contributed by atoms with E-state index in [9.17, 15) is 0 Å². The van der Waals surface area contributed by atoms with E-state index in [1.165, 1.54) is 44.0 Å². The number of hydrogen-bond donors (Lipinski definition) is 0. The van der Waals surface area contributed by atoms with Crippen LogP contribution in [0.3, 0.4) is 0 Å². The zero-order valence-electron chi connectivity index (χ0n) is 26.2. The number of nitrogens with zero attached hydrogens (tertiary/aromatic N) is 1. The number of hydrogen-bond acceptors (Lipinski definition) is 3. The molecule has 10 rings (SSSR count). The van der Waals surface area contributed by atoms with Crippen molar-refractivity contribution in [2.24, 2.45) is 0 Å². The molecule has 0 spiro atoms. The van der Waals surface area contributed by atoms with Crippen molar-refractivity contribution < 1.29 is 9.47 Å². The van der Waals surface area contributed by atoms with Crippen molar-refractivity contribution >= 4 is 50.9 Å². The van der Waals surface area contributed by atoms with Gasteiger partial charge in [-0.15, -0.1) is 0 Å². The van der Waals surface area contributed by atoms with Crippen molar-refractivity contribution in [1.82, 2.24) is 0 Å². The third-order valence-corrected chi connectivity index (χ3v) is 10.3. The Bertz CT molecular complexity index is 2350. The van der Waals surface area contributed by atoms with Gasteiger partial charge in [-0.3, -0.25) is 0 Å². The van der Waals surface area contributed by atoms with Crippen LogP contribution >= 0.6 is 0 Å². The third-order valence-electron chi connectivity index (χ3n) is 10.3. The van der Waals surface area contributed by atoms with E-state index in [0.29, 0.717) is 0 Å². The van der Waals surface area contributed by atoms with E-state index in [-0.39, 0.29) is 12.1 Å². The Hall–Kier alpha value is -5.74. The molecule has 0 saturated heterocycles. The fourth-order valence-electron chi connectivity index (χ4n) is 8.18. The van der Waals surface area contributed by atoms with Gasteiger partial charge in [0.1, 0.15) is 23.0 Å². The summed E-state index contributed by atoms with van der Waals surface area (Å²) >= 11 is 0. The molecule has 47 heavy (non-hydrogen) atoms. The predicted octanol–water partition coefficient (Wildman–Crippen LogP) is 9.34. The molecule has 7 aromatic carbocycles. The molecule has 0 atom stereocenters. The average molecular weight is 604 g/mol. The van der Waals surface area contributed by atoms with Gasteiger partial charge >= 0.3 is 0 Å². The zero-order chi connectivity index (χ0) is 31.3. The summed E-state index contributed by atoms with van der Waals surface area (Å²) in [6.45, 7) is 4.74. The molecule has 0 fully saturated rings. The van der Waals surface area contributed by atoms with Gasteiger partial charge in [0.15, 0.2) is 0 Å². The van der Waals surface area contributed by atoms with E-state index in [2.05, 4.69) is 164 Å². The van der Waals surface area contributed by atoms with Gasteiger partial charge in [0.2, 0.25) is 0 Å². The van der Waals surface area contributed by atoms with Crippen LogP contribution in [0.25, 0.3) is 21.9 Å². The molecule has 0 unspecified atom stereocenters. The second-order valence-corrected chi connectivity index (χ2v) is 13.3. The summed E-state index contributed by atoms with van der Waals surface area (Å²) in [5.74, 6) is 3.67. The molecule has 0 radical (unpaired) electrons. The smallest absolute Gasteiger partial charge is 0.260 e. The van der Waals surface area contributed by atoms with Gasteiger partial charge in [-0.05, 0) is 105 Å². The summed E-state index contributed by atoms with van der Waals surface area (Å²) in [4.78, 5) is 2.32. The lowest BCUT2D eigenvalue weighted by molar-refractivity contribution is 0.453. The Balaban J connectivity index is 1.17. The van der Waals surface area contributed by atoms with Crippen LogP contribution in [-0.4, -0.2) is 6.71 Å². The second kappa shape index (κ2) is 9.64. The normalized spacial score (nSPS) is 14.2. The van der Waals surface area contributed by atoms with Crippen molar-refractivity contribution in [3.8, 4) is 34.1 Å². The number of benzene rings is 7. The van der Waals surface area contributed by atoms with Crippen LogP contribution in [0, 0.1) is 0 Å². The minimum Gasteiger partial charge on any atom is -0.458 e. The Morgan fingerprint density at radius 3 is 1.81 bits per heavy atom. The molecule has 3 nitrogen and oxygen atoms in total. The van der Waals surface area contributed by atoms with E-state index >= 15 is 0 Å². The van der Waals surface area contributed by atoms with E-state index in [1.54, 1.807) is 0 Å². The molecule has 7 aromatic rings. The number of para-hydroxylation sites is 4. The molecule has 0 aromatic heterocycles. The van der Waals surface area contributed by atoms with Crippen molar-refractivity contribution in [2.75, 3.05) is 4.90 Å². The lowest BCUT2D eigenvalue weighted by Crippen LogP contribution is -2.57. The van der Waals surface area contributed by atoms with Crippen LogP contribution in [0.1, 0.15) is 25.0 Å². The van der Waals surface area contributed by atoms with Crippen molar-refractivity contribution in [2.45, 2.75) is 19.3 Å². The third kappa shape index (κ3) is 3.76. The van der Waals surface area contributed by atoms with Gasteiger partial charge < -0.3 is 14.4 Å². The van der Waals surface area contributed by atoms with Gasteiger partial charge in [0.05, 0.1) is 0 Å². The second-order valence-electron chi connectivity index (χ2n) is 13.3. The molecule has 222 valence electrons. The van der Waals surface area contributed by atoms with Gasteiger partial charge in [-0.1, -0.05) is 92.7 Å². The van der Waals surface area contributed by atoms with E-state index < -0.39 is 0 Å². The molecule has 0 saturated carbocycles. The Morgan fingerprint density at radius 2 is 1.13 bits per heavy atom. The molecule has 3 aliphatic rings. The first-order chi connectivity index (χ1) is 23.1. The highest BCUT2D eigenvalue weighted by molar-refractivity contribution is 6.98. The molecule has 0 bridgehead atoms. The van der Waals surface area contributed by atoms with Crippen molar-refractivity contribution in [3.63, 3.8) is 0 Å². The molecule has 0 N–H and O–H groups in total. The molecule has 2 aliphatic heterocycles. The Labute approximate surface area is 274 Å². The van der Waals surface area contributed by atoms with Crippen LogP contribution in [0.15, 0.2) is 146 Å². The molecule has 1 aliphatic carbocycles. The van der Waals surface area contributed by atoms with Gasteiger partial charge in [0, 0.05) is 33.5 Å². The van der Waals surface area contributed by atoms with Gasteiger partial charge in [0.25, 0.3) is 6.71 Å². The summed E-state index contributed by atoms with van der Waals surface area (Å²) in [7, 11) is 0. The first-order valence-corrected chi connectivity index (χ1v) is 16.3. The summed E-state index contributed by atoms with van der Waals surface area (Å²) in [6, 6.07) is 51.9. The Morgan fingerprint density at radius 1 is 0.511 bits per heavy atom. The highest BCUT2D eigenvalue weighted by atomic mass is 16.5. The van der Waals surface area contributed by atoms with E-state index in [0.717, 1.165) is 45.5 Å². The standard InChI is InChI=1S/C43H30BNO2/c1-43(2)34-25-28-23-31(45(29-13-5-3-6-14-29)30-15-7-4-8-16-30)22-21-27(28)24-32(34)33-26-39-41-42(40(33)43)47-38-20-12-10-18-36(38)44(41)35-17-9-11-19-37(35)46-39/h3-26H,1-2H3. The largest absolute Gasteiger partial charge is 0.458 e. The summed E-state index contributed by atoms with van der Waals surface area (Å²) in [5.41, 5.74) is 11.6. The number of fused-ring (bicyclic) bond motifs is 9. The van der Waals surface area contributed by atoms with Crippen molar-refractivity contribution in [3.05, 3.63) is 157 Å². The lowest BCUT2D eigenvalue weighted by Gasteiger charge is -2.36. The molecule has 0 amide bonds. The summed E-state index contributed by atoms with van der Waals surface area (Å²) in [5, 5.41) is 2.42. The number of anilines is 3. The summed E-state index contributed by atoms with van der Waals surface area (Å²) in [6.07, 6.45) is 0. The molecular weight excluding hydrogens is 573 g/mol. The highest BCUT2D eigenvalue weighted by Crippen LogP contribution is 2.56. The van der Waals surface area contributed by atoms with E-state index in [1.807, 2.05) is 0 Å². The minimum absolute atomic E-state index is 0.0586. The SMILES string of the molecule is CC1(C)c2cc3cc(N(c4ccccc4)c4ccccc4)ccc3cc2-c2cc3c4c(c21)Oc1ccccc1B4c1ccccc1O3. The predicted molar refractivity (Wildman–Crippen MR) is 194 cm³/mol. The topological polar surface area (TPSA) is 21.7 Å². The van der Waals surface area contributed by atoms with Crippen LogP contribution in [-0.2, 0) is 5.41 Å². The first kappa shape index (κ1) is 26.5. The van der Waals surface area contributed by atoms with Crippen LogP contribution < -0.4 is 30.8 Å². The Kier molecular flexibility index (Phi) is 5.43. The lowest BCUT2D eigenvalue weighted by atomic mass is 9.34. The maximum atomic E-state index is 6.91. The fourth-order valence-corrected chi connectivity index (χ4v) is 8.18. The maximum absolute atomic E-state index is 6.91. The first-order valence-electron chi connectivity index (χ1n) is 16.3. The maximum Gasteiger partial charge on any atom is 0.260 e. The molecular formula is C43H30BNO2. The average Bonchev–Trinajstić information content (AvgIpc) is 3.33. The van der Waals surface area contributed by atoms with Crippen molar-refractivity contribution in [1.29, 1.82) is 0 Å². The molecule has 4 heteroatoms. The summed E-state index contributed by atoms with van der Waals surface area (Å²) < 4.78 is 13.6. The fraction of sp³-hybridized carbons (Fsp3) is 0.0698. The van der Waals surface area contributed by atoms with Crippen LogP contribution in [0.5, 0.6) is 23.0 Å². The van der Waals surface area contributed by atoms with Gasteiger partial charge in [-0.25, -0.2) is 0 Å². The minimum atomic E-state index is -0.286.